The van der Waals surface area contributed by atoms with Gasteiger partial charge in [-0.3, -0.25) is 0 Å². The van der Waals surface area contributed by atoms with E-state index >= 15 is 0 Å². The number of nitrogens with zero attached hydrogens (tertiary/aromatic N) is 2. The molecule has 124 valence electrons. The number of rotatable bonds is 6. The fourth-order valence-electron chi connectivity index (χ4n) is 2.58. The normalized spacial score (nSPS) is 11.0. The van der Waals surface area contributed by atoms with Gasteiger partial charge in [0.05, 0.1) is 5.52 Å². The number of hydrogen-bond acceptors (Lipinski definition) is 4. The lowest BCUT2D eigenvalue weighted by Gasteiger charge is -2.15. The fourth-order valence-corrected chi connectivity index (χ4v) is 2.96. The molecule has 0 bridgehead atoms. The molecule has 2 heterocycles. The summed E-state index contributed by atoms with van der Waals surface area (Å²) in [5.74, 6) is 2.26. The molecule has 5 heteroatoms. The Hall–Kier alpha value is -2.14. The van der Waals surface area contributed by atoms with Crippen molar-refractivity contribution in [1.29, 1.82) is 0 Å². The lowest BCUT2D eigenvalue weighted by Crippen LogP contribution is -2.16. The van der Waals surface area contributed by atoms with Crippen molar-refractivity contribution >= 4 is 38.5 Å². The highest BCUT2D eigenvalue weighted by Crippen LogP contribution is 2.28. The maximum atomic E-state index is 4.81. The number of halogens is 1. The Morgan fingerprint density at radius 2 is 1.88 bits per heavy atom. The van der Waals surface area contributed by atoms with E-state index in [1.165, 1.54) is 5.56 Å². The molecule has 3 aromatic rings. The quantitative estimate of drug-likeness (QED) is 0.584. The minimum atomic E-state index is 0.409. The van der Waals surface area contributed by atoms with Gasteiger partial charge in [-0.25, -0.2) is 9.97 Å². The Balaban J connectivity index is 1.73. The fraction of sp³-hybridized carbons (Fsp3) is 0.263. The number of aromatic nitrogens is 2. The molecule has 0 aliphatic rings. The molecule has 3 rings (SSSR count). The van der Waals surface area contributed by atoms with E-state index in [1.807, 2.05) is 30.3 Å². The lowest BCUT2D eigenvalue weighted by molar-refractivity contribution is 0.860. The van der Waals surface area contributed by atoms with Gasteiger partial charge in [0.15, 0.2) is 0 Å². The van der Waals surface area contributed by atoms with Gasteiger partial charge in [-0.1, -0.05) is 35.8 Å². The van der Waals surface area contributed by atoms with E-state index in [0.29, 0.717) is 5.92 Å². The molecule has 0 aliphatic heterocycles. The van der Waals surface area contributed by atoms with Gasteiger partial charge in [-0.2, -0.15) is 0 Å². The van der Waals surface area contributed by atoms with E-state index in [4.69, 9.17) is 4.98 Å². The SMILES string of the molecule is CC(C)c1cc2cc(Br)ccc2nc1NCCNc1ccccn1. The molecule has 4 nitrogen and oxygen atoms in total. The lowest BCUT2D eigenvalue weighted by atomic mass is 10.0. The zero-order valence-electron chi connectivity index (χ0n) is 13.9. The van der Waals surface area contributed by atoms with E-state index < -0.39 is 0 Å². The Morgan fingerprint density at radius 3 is 2.62 bits per heavy atom. The van der Waals surface area contributed by atoms with Gasteiger partial charge in [-0.15, -0.1) is 0 Å². The monoisotopic (exact) mass is 384 g/mol. The summed E-state index contributed by atoms with van der Waals surface area (Å²) in [5.41, 5.74) is 2.24. The molecule has 2 N–H and O–H groups in total. The van der Waals surface area contributed by atoms with Crippen molar-refractivity contribution in [2.45, 2.75) is 19.8 Å². The number of pyridine rings is 2. The van der Waals surface area contributed by atoms with Crippen molar-refractivity contribution in [3.63, 3.8) is 0 Å². The molecular weight excluding hydrogens is 364 g/mol. The van der Waals surface area contributed by atoms with E-state index in [1.54, 1.807) is 6.20 Å². The van der Waals surface area contributed by atoms with Crippen LogP contribution >= 0.6 is 15.9 Å². The summed E-state index contributed by atoms with van der Waals surface area (Å²) in [5, 5.41) is 7.92. The van der Waals surface area contributed by atoms with E-state index in [-0.39, 0.29) is 0 Å². The van der Waals surface area contributed by atoms with Crippen LogP contribution in [0.2, 0.25) is 0 Å². The van der Waals surface area contributed by atoms with Gasteiger partial charge < -0.3 is 10.6 Å². The second kappa shape index (κ2) is 7.62. The van der Waals surface area contributed by atoms with Crippen LogP contribution in [0.3, 0.4) is 0 Å². The number of nitrogens with one attached hydrogen (secondary N) is 2. The molecule has 2 aromatic heterocycles. The largest absolute Gasteiger partial charge is 0.368 e. The van der Waals surface area contributed by atoms with Gasteiger partial charge >= 0.3 is 0 Å². The maximum Gasteiger partial charge on any atom is 0.130 e. The van der Waals surface area contributed by atoms with Gasteiger partial charge in [0.2, 0.25) is 0 Å². The highest BCUT2D eigenvalue weighted by Gasteiger charge is 2.10. The Labute approximate surface area is 150 Å². The van der Waals surface area contributed by atoms with E-state index in [9.17, 15) is 0 Å². The zero-order valence-corrected chi connectivity index (χ0v) is 15.5. The summed E-state index contributed by atoms with van der Waals surface area (Å²) in [7, 11) is 0. The van der Waals surface area contributed by atoms with Crippen LogP contribution < -0.4 is 10.6 Å². The second-order valence-electron chi connectivity index (χ2n) is 5.99. The summed E-state index contributed by atoms with van der Waals surface area (Å²) < 4.78 is 1.08. The highest BCUT2D eigenvalue weighted by molar-refractivity contribution is 9.10. The first-order valence-electron chi connectivity index (χ1n) is 8.12. The van der Waals surface area contributed by atoms with Crippen molar-refractivity contribution in [3.05, 3.63) is 58.7 Å². The molecule has 0 saturated carbocycles. The van der Waals surface area contributed by atoms with Crippen LogP contribution in [0.5, 0.6) is 0 Å². The predicted molar refractivity (Wildman–Crippen MR) is 105 cm³/mol. The third-order valence-corrected chi connectivity index (χ3v) is 4.31. The van der Waals surface area contributed by atoms with Crippen LogP contribution in [0, 0.1) is 0 Å². The minimum Gasteiger partial charge on any atom is -0.368 e. The summed E-state index contributed by atoms with van der Waals surface area (Å²) in [6.07, 6.45) is 1.79. The van der Waals surface area contributed by atoms with Crippen LogP contribution in [-0.4, -0.2) is 23.1 Å². The Bertz CT molecular complexity index is 818. The zero-order chi connectivity index (χ0) is 16.9. The molecule has 0 saturated heterocycles. The van der Waals surface area contributed by atoms with Crippen molar-refractivity contribution in [2.24, 2.45) is 0 Å². The topological polar surface area (TPSA) is 49.8 Å². The van der Waals surface area contributed by atoms with Crippen molar-refractivity contribution < 1.29 is 0 Å². The van der Waals surface area contributed by atoms with Crippen LogP contribution in [0.15, 0.2) is 53.1 Å². The summed E-state index contributed by atoms with van der Waals surface area (Å²) in [4.78, 5) is 9.07. The first-order valence-corrected chi connectivity index (χ1v) is 8.92. The molecule has 0 aliphatic carbocycles. The van der Waals surface area contributed by atoms with Crippen LogP contribution in [0.4, 0.5) is 11.6 Å². The van der Waals surface area contributed by atoms with Gasteiger partial charge in [0.25, 0.3) is 0 Å². The van der Waals surface area contributed by atoms with Crippen LogP contribution in [0.1, 0.15) is 25.3 Å². The Morgan fingerprint density at radius 1 is 1.04 bits per heavy atom. The van der Waals surface area contributed by atoms with Crippen molar-refractivity contribution in [3.8, 4) is 0 Å². The Kier molecular flexibility index (Phi) is 5.30. The van der Waals surface area contributed by atoms with Crippen molar-refractivity contribution in [2.75, 3.05) is 23.7 Å². The van der Waals surface area contributed by atoms with Crippen molar-refractivity contribution in [1.82, 2.24) is 9.97 Å². The number of fused-ring (bicyclic) bond motifs is 1. The smallest absolute Gasteiger partial charge is 0.130 e. The molecule has 0 radical (unpaired) electrons. The minimum absolute atomic E-state index is 0.409. The number of hydrogen-bond donors (Lipinski definition) is 2. The average molecular weight is 385 g/mol. The van der Waals surface area contributed by atoms with E-state index in [2.05, 4.69) is 57.5 Å². The summed E-state index contributed by atoms with van der Waals surface area (Å²) in [6, 6.07) is 14.3. The summed E-state index contributed by atoms with van der Waals surface area (Å²) in [6.45, 7) is 5.95. The van der Waals surface area contributed by atoms with E-state index in [0.717, 1.165) is 40.1 Å². The molecule has 0 atom stereocenters. The van der Waals surface area contributed by atoms with Gasteiger partial charge in [-0.05, 0) is 47.9 Å². The standard InChI is InChI=1S/C19H21BrN4/c1-13(2)16-12-14-11-15(20)6-7-17(14)24-19(16)23-10-9-22-18-5-3-4-8-21-18/h3-8,11-13H,9-10H2,1-2H3,(H,21,22)(H,23,24). The highest BCUT2D eigenvalue weighted by atomic mass is 79.9. The first kappa shape index (κ1) is 16.7. The maximum absolute atomic E-state index is 4.81. The molecule has 0 amide bonds. The molecule has 0 spiro atoms. The number of anilines is 2. The molecule has 24 heavy (non-hydrogen) atoms. The molecule has 0 fully saturated rings. The predicted octanol–water partition coefficient (Wildman–Crippen LogP) is 5.04. The molecule has 1 aromatic carbocycles. The van der Waals surface area contributed by atoms with Crippen LogP contribution in [0.25, 0.3) is 10.9 Å². The number of benzene rings is 1. The third kappa shape index (κ3) is 4.03. The van der Waals surface area contributed by atoms with Gasteiger partial charge in [0.1, 0.15) is 11.6 Å². The second-order valence-corrected chi connectivity index (χ2v) is 6.90. The first-order chi connectivity index (χ1) is 11.6. The molecular formula is C19H21BrN4. The molecule has 0 unspecified atom stereocenters. The average Bonchev–Trinajstić information content (AvgIpc) is 2.59. The third-order valence-electron chi connectivity index (χ3n) is 3.82. The van der Waals surface area contributed by atoms with Gasteiger partial charge in [0, 0.05) is 29.1 Å². The van der Waals surface area contributed by atoms with Crippen LogP contribution in [-0.2, 0) is 0 Å². The summed E-state index contributed by atoms with van der Waals surface area (Å²) >= 11 is 3.53.